The van der Waals surface area contributed by atoms with Crippen LogP contribution in [0.2, 0.25) is 0 Å². The highest BCUT2D eigenvalue weighted by atomic mass is 16.3. The Morgan fingerprint density at radius 3 is 2.32 bits per heavy atom. The molecule has 2 aliphatic heterocycles. The zero-order chi connectivity index (χ0) is 14.6. The van der Waals surface area contributed by atoms with E-state index in [9.17, 15) is 9.90 Å². The molecule has 2 aliphatic rings. The predicted octanol–water partition coefficient (Wildman–Crippen LogP) is 2.11. The van der Waals surface area contributed by atoms with Gasteiger partial charge >= 0.3 is 0 Å². The van der Waals surface area contributed by atoms with Crippen LogP contribution in [0.25, 0.3) is 0 Å². The molecule has 0 aromatic rings. The first-order valence-corrected chi connectivity index (χ1v) is 6.64. The lowest BCUT2D eigenvalue weighted by molar-refractivity contribution is -0.119. The van der Waals surface area contributed by atoms with Gasteiger partial charge in [0.05, 0.1) is 5.54 Å². The van der Waals surface area contributed by atoms with Crippen molar-refractivity contribution in [2.24, 2.45) is 9.98 Å². The summed E-state index contributed by atoms with van der Waals surface area (Å²) in [4.78, 5) is 21.5. The number of nitrogens with zero attached hydrogens (tertiary/aromatic N) is 2. The molecule has 0 aliphatic carbocycles. The summed E-state index contributed by atoms with van der Waals surface area (Å²) in [6.45, 7) is 11.3. The Kier molecular flexibility index (Phi) is 3.05. The average Bonchev–Trinajstić information content (AvgIpc) is 2.31. The highest BCUT2D eigenvalue weighted by molar-refractivity contribution is 6.19. The number of rotatable bonds is 0. The third-order valence-corrected chi connectivity index (χ3v) is 3.77. The molecule has 1 N–H and O–H groups in total. The van der Waals surface area contributed by atoms with Gasteiger partial charge in [-0.2, -0.15) is 0 Å². The second-order valence-electron chi connectivity index (χ2n) is 6.63. The van der Waals surface area contributed by atoms with Crippen LogP contribution < -0.4 is 0 Å². The van der Waals surface area contributed by atoms with Crippen molar-refractivity contribution in [2.45, 2.75) is 65.1 Å². The molecule has 4 nitrogen and oxygen atoms in total. The van der Waals surface area contributed by atoms with Gasteiger partial charge in [-0.3, -0.25) is 14.8 Å². The van der Waals surface area contributed by atoms with E-state index in [1.54, 1.807) is 13.8 Å². The Bertz CT molecular complexity index is 536. The molecule has 0 saturated heterocycles. The summed E-state index contributed by atoms with van der Waals surface area (Å²) in [5.41, 5.74) is 1.71. The molecule has 2 rings (SSSR count). The molecule has 0 amide bonds. The normalized spacial score (nSPS) is 29.4. The molecule has 104 valence electrons. The summed E-state index contributed by atoms with van der Waals surface area (Å²) in [5, 5.41) is 10.4. The Labute approximate surface area is 114 Å². The highest BCUT2D eigenvalue weighted by Crippen LogP contribution is 2.34. The van der Waals surface area contributed by atoms with Crippen molar-refractivity contribution in [2.75, 3.05) is 0 Å². The second-order valence-corrected chi connectivity index (χ2v) is 6.63. The molecule has 4 heteroatoms. The second kappa shape index (κ2) is 4.10. The van der Waals surface area contributed by atoms with Gasteiger partial charge in [0.2, 0.25) is 0 Å². The van der Waals surface area contributed by atoms with Gasteiger partial charge in [-0.15, -0.1) is 0 Å². The number of carbonyl (C=O) groups excluding carboxylic acids is 1. The molecule has 0 aromatic carbocycles. The number of carbonyl (C=O) groups is 1. The third kappa shape index (κ3) is 2.29. The van der Waals surface area contributed by atoms with Crippen LogP contribution in [0.15, 0.2) is 21.1 Å². The van der Waals surface area contributed by atoms with Crippen LogP contribution in [0.5, 0.6) is 0 Å². The molecule has 2 heterocycles. The van der Waals surface area contributed by atoms with Crippen LogP contribution in [0.1, 0.15) is 48.0 Å². The number of fused-ring (bicyclic) bond motifs is 1. The number of hydrogen-bond acceptors (Lipinski definition) is 4. The molecular formula is C15H22N2O2. The Hall–Kier alpha value is -1.29. The molecule has 0 fully saturated rings. The maximum Gasteiger partial charge on any atom is 0.185 e. The Morgan fingerprint density at radius 2 is 1.74 bits per heavy atom. The summed E-state index contributed by atoms with van der Waals surface area (Å²) in [6.07, 6.45) is -0.175. The molecule has 0 aromatic heterocycles. The zero-order valence-electron chi connectivity index (χ0n) is 12.5. The van der Waals surface area contributed by atoms with Crippen LogP contribution >= 0.6 is 0 Å². The molecule has 0 radical (unpaired) electrons. The maximum atomic E-state index is 12.3. The quantitative estimate of drug-likeness (QED) is 0.726. The summed E-state index contributed by atoms with van der Waals surface area (Å²) in [7, 11) is 0. The summed E-state index contributed by atoms with van der Waals surface area (Å²) in [6, 6.07) is 0. The van der Waals surface area contributed by atoms with Crippen molar-refractivity contribution in [1.29, 1.82) is 0 Å². The van der Waals surface area contributed by atoms with Crippen LogP contribution in [-0.2, 0) is 4.79 Å². The highest BCUT2D eigenvalue weighted by Gasteiger charge is 2.41. The van der Waals surface area contributed by atoms with Crippen molar-refractivity contribution >= 4 is 17.2 Å². The maximum absolute atomic E-state index is 12.3. The van der Waals surface area contributed by atoms with Crippen LogP contribution in [0, 0.1) is 0 Å². The van der Waals surface area contributed by atoms with E-state index in [-0.39, 0.29) is 11.3 Å². The lowest BCUT2D eigenvalue weighted by Gasteiger charge is -2.30. The molecule has 0 bridgehead atoms. The van der Waals surface area contributed by atoms with Crippen molar-refractivity contribution < 1.29 is 9.90 Å². The fourth-order valence-corrected chi connectivity index (χ4v) is 2.94. The van der Waals surface area contributed by atoms with Gasteiger partial charge in [0.15, 0.2) is 5.78 Å². The molecule has 1 unspecified atom stereocenters. The van der Waals surface area contributed by atoms with Gasteiger partial charge in [-0.25, -0.2) is 0 Å². The van der Waals surface area contributed by atoms with Crippen LogP contribution in [-0.4, -0.2) is 39.5 Å². The van der Waals surface area contributed by atoms with Crippen molar-refractivity contribution in [3.05, 3.63) is 11.1 Å². The first kappa shape index (κ1) is 14.1. The van der Waals surface area contributed by atoms with Crippen molar-refractivity contribution in [3.8, 4) is 0 Å². The largest absolute Gasteiger partial charge is 0.382 e. The van der Waals surface area contributed by atoms with E-state index in [0.29, 0.717) is 23.3 Å². The van der Waals surface area contributed by atoms with Crippen LogP contribution in [0.3, 0.4) is 0 Å². The van der Waals surface area contributed by atoms with Gasteiger partial charge in [0.1, 0.15) is 11.6 Å². The smallest absolute Gasteiger partial charge is 0.185 e. The van der Waals surface area contributed by atoms with Crippen molar-refractivity contribution in [3.63, 3.8) is 0 Å². The molecular weight excluding hydrogens is 240 g/mol. The minimum Gasteiger partial charge on any atom is -0.382 e. The van der Waals surface area contributed by atoms with Gasteiger partial charge in [0, 0.05) is 29.0 Å². The SMILES string of the molecule is CC1=NC(C)(C)CC2=NC(C)(C)C(=O)C(C)=C2C1O. The first-order valence-electron chi connectivity index (χ1n) is 6.64. The van der Waals surface area contributed by atoms with Crippen LogP contribution in [0.4, 0.5) is 0 Å². The number of ketones is 1. The molecule has 0 saturated carbocycles. The van der Waals surface area contributed by atoms with Gasteiger partial charge in [-0.05, 0) is 41.5 Å². The van der Waals surface area contributed by atoms with Gasteiger partial charge in [-0.1, -0.05) is 0 Å². The van der Waals surface area contributed by atoms with E-state index in [0.717, 1.165) is 5.71 Å². The number of dihydropyridines is 1. The number of aliphatic imine (C=N–C) groups is 2. The van der Waals surface area contributed by atoms with E-state index in [2.05, 4.69) is 9.98 Å². The number of hydrogen-bond donors (Lipinski definition) is 1. The standard InChI is InChI=1S/C15H22N2O2/c1-8-11-10(17-15(5,6)13(8)19)7-14(3,4)16-9(2)12(11)18/h12,18H,7H2,1-6H3. The third-order valence-electron chi connectivity index (χ3n) is 3.77. The lowest BCUT2D eigenvalue weighted by atomic mass is 9.81. The summed E-state index contributed by atoms with van der Waals surface area (Å²) in [5.74, 6) is -0.0159. The number of aliphatic hydroxyl groups excluding tert-OH is 1. The fourth-order valence-electron chi connectivity index (χ4n) is 2.94. The van der Waals surface area contributed by atoms with Gasteiger partial charge < -0.3 is 5.11 Å². The topological polar surface area (TPSA) is 62.0 Å². The van der Waals surface area contributed by atoms with E-state index in [1.807, 2.05) is 27.7 Å². The monoisotopic (exact) mass is 262 g/mol. The summed E-state index contributed by atoms with van der Waals surface area (Å²) >= 11 is 0. The summed E-state index contributed by atoms with van der Waals surface area (Å²) < 4.78 is 0. The molecule has 0 spiro atoms. The lowest BCUT2D eigenvalue weighted by Crippen LogP contribution is -2.40. The first-order chi connectivity index (χ1) is 8.55. The number of Topliss-reactive ketones (excluding diaryl/α,β-unsaturated/α-hetero) is 1. The average molecular weight is 262 g/mol. The Balaban J connectivity index is 2.65. The number of aliphatic hydroxyl groups is 1. The van der Waals surface area contributed by atoms with E-state index in [1.165, 1.54) is 0 Å². The molecule has 19 heavy (non-hydrogen) atoms. The zero-order valence-corrected chi connectivity index (χ0v) is 12.5. The minimum absolute atomic E-state index is 0.0159. The minimum atomic E-state index is -0.819. The fraction of sp³-hybridized carbons (Fsp3) is 0.667. The Morgan fingerprint density at radius 1 is 1.16 bits per heavy atom. The molecule has 1 atom stereocenters. The van der Waals surface area contributed by atoms with E-state index >= 15 is 0 Å². The van der Waals surface area contributed by atoms with E-state index < -0.39 is 11.6 Å². The van der Waals surface area contributed by atoms with E-state index in [4.69, 9.17) is 0 Å². The van der Waals surface area contributed by atoms with Crippen molar-refractivity contribution in [1.82, 2.24) is 0 Å². The van der Waals surface area contributed by atoms with Gasteiger partial charge in [0.25, 0.3) is 0 Å². The predicted molar refractivity (Wildman–Crippen MR) is 77.0 cm³/mol.